The molecule has 0 radical (unpaired) electrons. The number of aromatic nitrogens is 1. The zero-order valence-corrected chi connectivity index (χ0v) is 13.1. The maximum atomic E-state index is 12.0. The van der Waals surface area contributed by atoms with E-state index >= 15 is 0 Å². The summed E-state index contributed by atoms with van der Waals surface area (Å²) in [6, 6.07) is 6.90. The Morgan fingerprint density at radius 1 is 1.27 bits per heavy atom. The third-order valence-electron chi connectivity index (χ3n) is 2.82. The van der Waals surface area contributed by atoms with E-state index in [1.807, 2.05) is 0 Å². The molecule has 0 aliphatic heterocycles. The summed E-state index contributed by atoms with van der Waals surface area (Å²) in [7, 11) is -3.48. The summed E-state index contributed by atoms with van der Waals surface area (Å²) in [5, 5.41) is 0.0460. The number of aromatic amines is 1. The smallest absolute Gasteiger partial charge is 0.340 e. The Bertz CT molecular complexity index is 812. The summed E-state index contributed by atoms with van der Waals surface area (Å²) in [4.78, 5) is 26.3. The van der Waals surface area contributed by atoms with Gasteiger partial charge in [0.2, 0.25) is 5.78 Å². The van der Waals surface area contributed by atoms with Gasteiger partial charge in [0.1, 0.15) is 0 Å². The summed E-state index contributed by atoms with van der Waals surface area (Å²) >= 11 is 5.87. The molecule has 1 aromatic carbocycles. The number of hydrogen-bond acceptors (Lipinski definition) is 5. The number of sulfone groups is 1. The summed E-state index contributed by atoms with van der Waals surface area (Å²) in [6.45, 7) is -0.473. The van der Waals surface area contributed by atoms with E-state index in [9.17, 15) is 18.0 Å². The molecule has 1 N–H and O–H groups in total. The largest absolute Gasteiger partial charge is 0.454 e. The highest BCUT2D eigenvalue weighted by Gasteiger charge is 2.18. The number of ether oxygens (including phenoxy) is 1. The molecule has 0 unspecified atom stereocenters. The first kappa shape index (κ1) is 16.3. The van der Waals surface area contributed by atoms with Crippen molar-refractivity contribution in [3.63, 3.8) is 0 Å². The average Bonchev–Trinajstić information content (AvgIpc) is 2.97. The zero-order chi connectivity index (χ0) is 16.3. The normalized spacial score (nSPS) is 11.2. The van der Waals surface area contributed by atoms with Crippen LogP contribution in [0.25, 0.3) is 0 Å². The number of rotatable bonds is 5. The molecule has 0 saturated heterocycles. The Balaban J connectivity index is 2.14. The van der Waals surface area contributed by atoms with Crippen LogP contribution in [0, 0.1) is 0 Å². The SMILES string of the molecule is CS(=O)(=O)c1ccc(Cl)c(C(=O)OCC(=O)c2ccc[nH]2)c1. The minimum Gasteiger partial charge on any atom is -0.454 e. The molecule has 2 rings (SSSR count). The van der Waals surface area contributed by atoms with E-state index in [0.29, 0.717) is 5.69 Å². The standard InChI is InChI=1S/C14H12ClNO5S/c1-22(19,20)9-4-5-11(15)10(7-9)14(18)21-8-13(17)12-3-2-6-16-12/h2-7,16H,8H2,1H3. The molecular formula is C14H12ClNO5S. The predicted molar refractivity (Wildman–Crippen MR) is 80.0 cm³/mol. The molecule has 22 heavy (non-hydrogen) atoms. The number of Topliss-reactive ketones (excluding diaryl/α,β-unsaturated/α-hetero) is 1. The highest BCUT2D eigenvalue weighted by atomic mass is 35.5. The molecule has 6 nitrogen and oxygen atoms in total. The van der Waals surface area contributed by atoms with Crippen LogP contribution in [0.1, 0.15) is 20.8 Å². The molecule has 0 amide bonds. The summed E-state index contributed by atoms with van der Waals surface area (Å²) in [5.74, 6) is -1.27. The highest BCUT2D eigenvalue weighted by molar-refractivity contribution is 7.90. The van der Waals surface area contributed by atoms with Gasteiger partial charge < -0.3 is 9.72 Å². The van der Waals surface area contributed by atoms with Gasteiger partial charge in [0.15, 0.2) is 16.4 Å². The van der Waals surface area contributed by atoms with Gasteiger partial charge in [-0.05, 0) is 30.3 Å². The first-order chi connectivity index (χ1) is 10.3. The lowest BCUT2D eigenvalue weighted by molar-refractivity contribution is 0.0473. The third kappa shape index (κ3) is 3.75. The van der Waals surface area contributed by atoms with Crippen molar-refractivity contribution in [2.45, 2.75) is 4.90 Å². The number of halogens is 1. The number of carbonyl (C=O) groups excluding carboxylic acids is 2. The fraction of sp³-hybridized carbons (Fsp3) is 0.143. The second-order valence-electron chi connectivity index (χ2n) is 4.50. The summed E-state index contributed by atoms with van der Waals surface area (Å²) in [5.41, 5.74) is 0.202. The minimum absolute atomic E-state index is 0.0460. The van der Waals surface area contributed by atoms with Crippen LogP contribution in [0.3, 0.4) is 0 Å². The first-order valence-corrected chi connectivity index (χ1v) is 8.39. The van der Waals surface area contributed by atoms with Gasteiger partial charge in [0.25, 0.3) is 0 Å². The van der Waals surface area contributed by atoms with E-state index in [1.54, 1.807) is 18.3 Å². The number of ketones is 1. The maximum absolute atomic E-state index is 12.0. The molecule has 0 fully saturated rings. The number of hydrogen-bond donors (Lipinski definition) is 1. The number of carbonyl (C=O) groups is 2. The number of benzene rings is 1. The van der Waals surface area contributed by atoms with Crippen molar-refractivity contribution in [2.75, 3.05) is 12.9 Å². The molecular weight excluding hydrogens is 330 g/mol. The van der Waals surface area contributed by atoms with Crippen molar-refractivity contribution in [2.24, 2.45) is 0 Å². The first-order valence-electron chi connectivity index (χ1n) is 6.12. The van der Waals surface area contributed by atoms with Crippen LogP contribution in [-0.4, -0.2) is 38.0 Å². The van der Waals surface area contributed by atoms with Crippen molar-refractivity contribution in [1.82, 2.24) is 4.98 Å². The lowest BCUT2D eigenvalue weighted by Gasteiger charge is -2.07. The van der Waals surface area contributed by atoms with Gasteiger partial charge in [-0.25, -0.2) is 13.2 Å². The van der Waals surface area contributed by atoms with E-state index < -0.39 is 28.2 Å². The third-order valence-corrected chi connectivity index (χ3v) is 4.26. The molecule has 0 spiro atoms. The Kier molecular flexibility index (Phi) is 4.68. The topological polar surface area (TPSA) is 93.3 Å². The average molecular weight is 342 g/mol. The van der Waals surface area contributed by atoms with Crippen LogP contribution >= 0.6 is 11.6 Å². The van der Waals surface area contributed by atoms with E-state index in [1.165, 1.54) is 12.1 Å². The summed E-state index contributed by atoms with van der Waals surface area (Å²) in [6.07, 6.45) is 2.58. The van der Waals surface area contributed by atoms with E-state index in [2.05, 4.69) is 4.98 Å². The second kappa shape index (κ2) is 6.33. The van der Waals surface area contributed by atoms with Crippen LogP contribution in [0.5, 0.6) is 0 Å². The fourth-order valence-electron chi connectivity index (χ4n) is 1.68. The van der Waals surface area contributed by atoms with Crippen LogP contribution in [0.4, 0.5) is 0 Å². The number of nitrogens with one attached hydrogen (secondary N) is 1. The molecule has 116 valence electrons. The molecule has 8 heteroatoms. The summed E-state index contributed by atoms with van der Waals surface area (Å²) < 4.78 is 27.8. The van der Waals surface area contributed by atoms with Gasteiger partial charge in [-0.2, -0.15) is 0 Å². The van der Waals surface area contributed by atoms with Crippen molar-refractivity contribution in [3.05, 3.63) is 52.8 Å². The molecule has 0 bridgehead atoms. The van der Waals surface area contributed by atoms with Gasteiger partial charge in [-0.1, -0.05) is 11.6 Å². The monoisotopic (exact) mass is 341 g/mol. The van der Waals surface area contributed by atoms with Gasteiger partial charge in [-0.15, -0.1) is 0 Å². The number of H-pyrrole nitrogens is 1. The molecule has 1 aromatic heterocycles. The molecule has 2 aromatic rings. The van der Waals surface area contributed by atoms with Crippen molar-refractivity contribution >= 4 is 33.2 Å². The Morgan fingerprint density at radius 2 is 2.00 bits per heavy atom. The minimum atomic E-state index is -3.48. The van der Waals surface area contributed by atoms with E-state index in [4.69, 9.17) is 16.3 Å². The lowest BCUT2D eigenvalue weighted by atomic mass is 10.2. The second-order valence-corrected chi connectivity index (χ2v) is 6.92. The van der Waals surface area contributed by atoms with Crippen molar-refractivity contribution in [1.29, 1.82) is 0 Å². The van der Waals surface area contributed by atoms with Crippen LogP contribution in [0.2, 0.25) is 5.02 Å². The zero-order valence-electron chi connectivity index (χ0n) is 11.5. The van der Waals surface area contributed by atoms with Crippen molar-refractivity contribution in [3.8, 4) is 0 Å². The quantitative estimate of drug-likeness (QED) is 0.664. The van der Waals surface area contributed by atoms with Crippen LogP contribution < -0.4 is 0 Å². The predicted octanol–water partition coefficient (Wildman–Crippen LogP) is 2.11. The van der Waals surface area contributed by atoms with Gasteiger partial charge >= 0.3 is 5.97 Å². The highest BCUT2D eigenvalue weighted by Crippen LogP contribution is 2.21. The van der Waals surface area contributed by atoms with Gasteiger partial charge in [0.05, 0.1) is 21.2 Å². The molecule has 0 saturated carbocycles. The van der Waals surface area contributed by atoms with Gasteiger partial charge in [0, 0.05) is 12.5 Å². The van der Waals surface area contributed by atoms with Crippen LogP contribution in [-0.2, 0) is 14.6 Å². The Morgan fingerprint density at radius 3 is 2.59 bits per heavy atom. The maximum Gasteiger partial charge on any atom is 0.340 e. The molecule has 1 heterocycles. The molecule has 0 aliphatic carbocycles. The van der Waals surface area contributed by atoms with Gasteiger partial charge in [-0.3, -0.25) is 4.79 Å². The van der Waals surface area contributed by atoms with Crippen molar-refractivity contribution < 1.29 is 22.7 Å². The van der Waals surface area contributed by atoms with E-state index in [-0.39, 0.29) is 15.5 Å². The molecule has 0 aliphatic rings. The fourth-order valence-corrected chi connectivity index (χ4v) is 2.52. The lowest BCUT2D eigenvalue weighted by Crippen LogP contribution is -2.15. The Labute approximate surface area is 132 Å². The number of esters is 1. The molecule has 0 atom stereocenters. The van der Waals surface area contributed by atoms with Crippen LogP contribution in [0.15, 0.2) is 41.4 Å². The Hall–Kier alpha value is -2.12. The van der Waals surface area contributed by atoms with E-state index in [0.717, 1.165) is 12.3 Å².